The Hall–Kier alpha value is -3.19. The van der Waals surface area contributed by atoms with E-state index in [1.54, 1.807) is 22.8 Å². The number of halogens is 1. The van der Waals surface area contributed by atoms with Crippen molar-refractivity contribution in [2.24, 2.45) is 0 Å². The highest BCUT2D eigenvalue weighted by atomic mass is 19.1. The molecule has 0 spiro atoms. The molecule has 0 aliphatic rings. The van der Waals surface area contributed by atoms with E-state index in [-0.39, 0.29) is 23.5 Å². The fraction of sp³-hybridized carbons (Fsp3) is 0.0526. The highest BCUT2D eigenvalue weighted by molar-refractivity contribution is 5.60. The Labute approximate surface area is 132 Å². The molecular formula is C19H13FN2O. The van der Waals surface area contributed by atoms with Crippen molar-refractivity contribution in [1.29, 1.82) is 5.26 Å². The summed E-state index contributed by atoms with van der Waals surface area (Å²) in [5.74, 6) is -0.324. The summed E-state index contributed by atoms with van der Waals surface area (Å²) in [4.78, 5) is 12.5. The van der Waals surface area contributed by atoms with Gasteiger partial charge in [-0.1, -0.05) is 42.5 Å². The summed E-state index contributed by atoms with van der Waals surface area (Å²) >= 11 is 0. The van der Waals surface area contributed by atoms with Gasteiger partial charge in [0.2, 0.25) is 0 Å². The molecule has 0 unspecified atom stereocenters. The van der Waals surface area contributed by atoms with Crippen molar-refractivity contribution < 1.29 is 4.39 Å². The SMILES string of the molecule is N#Cc1ccc(-c2ccccc2)n(Cc2ccc(F)cc2)c1=O. The highest BCUT2D eigenvalue weighted by Gasteiger charge is 2.11. The summed E-state index contributed by atoms with van der Waals surface area (Å²) in [5.41, 5.74) is 2.14. The van der Waals surface area contributed by atoms with Gasteiger partial charge in [0.25, 0.3) is 5.56 Å². The maximum atomic E-state index is 13.1. The van der Waals surface area contributed by atoms with Crippen LogP contribution < -0.4 is 5.56 Å². The van der Waals surface area contributed by atoms with E-state index in [4.69, 9.17) is 5.26 Å². The van der Waals surface area contributed by atoms with Crippen molar-refractivity contribution >= 4 is 0 Å². The van der Waals surface area contributed by atoms with Crippen molar-refractivity contribution in [2.75, 3.05) is 0 Å². The summed E-state index contributed by atoms with van der Waals surface area (Å²) < 4.78 is 14.6. The highest BCUT2D eigenvalue weighted by Crippen LogP contribution is 2.19. The molecule has 0 saturated carbocycles. The van der Waals surface area contributed by atoms with Gasteiger partial charge in [0.1, 0.15) is 17.4 Å². The van der Waals surface area contributed by atoms with E-state index in [1.165, 1.54) is 18.2 Å². The molecule has 23 heavy (non-hydrogen) atoms. The Morgan fingerprint density at radius 1 is 0.957 bits per heavy atom. The van der Waals surface area contributed by atoms with Crippen LogP contribution in [0.2, 0.25) is 0 Å². The minimum absolute atomic E-state index is 0.0896. The summed E-state index contributed by atoms with van der Waals surface area (Å²) in [6, 6.07) is 20.7. The molecule has 0 N–H and O–H groups in total. The molecule has 0 atom stereocenters. The van der Waals surface area contributed by atoms with E-state index >= 15 is 0 Å². The van der Waals surface area contributed by atoms with Gasteiger partial charge >= 0.3 is 0 Å². The molecule has 3 rings (SSSR count). The number of hydrogen-bond acceptors (Lipinski definition) is 2. The van der Waals surface area contributed by atoms with Gasteiger partial charge in [-0.05, 0) is 35.4 Å². The lowest BCUT2D eigenvalue weighted by atomic mass is 10.1. The quantitative estimate of drug-likeness (QED) is 0.742. The monoisotopic (exact) mass is 304 g/mol. The predicted molar refractivity (Wildman–Crippen MR) is 86.4 cm³/mol. The normalized spacial score (nSPS) is 10.3. The molecule has 0 aliphatic heterocycles. The average Bonchev–Trinajstić information content (AvgIpc) is 2.59. The summed E-state index contributed by atoms with van der Waals surface area (Å²) in [6.45, 7) is 0.277. The zero-order valence-corrected chi connectivity index (χ0v) is 12.2. The number of hydrogen-bond donors (Lipinski definition) is 0. The van der Waals surface area contributed by atoms with Crippen LogP contribution in [0, 0.1) is 17.1 Å². The zero-order valence-electron chi connectivity index (χ0n) is 12.2. The van der Waals surface area contributed by atoms with Crippen LogP contribution in [0.3, 0.4) is 0 Å². The van der Waals surface area contributed by atoms with Gasteiger partial charge in [0.05, 0.1) is 12.2 Å². The van der Waals surface area contributed by atoms with Crippen LogP contribution in [0.1, 0.15) is 11.1 Å². The fourth-order valence-electron chi connectivity index (χ4n) is 2.45. The van der Waals surface area contributed by atoms with Crippen molar-refractivity contribution in [3.05, 3.63) is 94.0 Å². The fourth-order valence-corrected chi connectivity index (χ4v) is 2.45. The van der Waals surface area contributed by atoms with Crippen LogP contribution in [-0.4, -0.2) is 4.57 Å². The molecule has 1 aromatic heterocycles. The number of nitrogens with zero attached hydrogens (tertiary/aromatic N) is 2. The van der Waals surface area contributed by atoms with Crippen molar-refractivity contribution in [3.8, 4) is 17.3 Å². The van der Waals surface area contributed by atoms with Crippen LogP contribution >= 0.6 is 0 Å². The third-order valence-electron chi connectivity index (χ3n) is 3.62. The Balaban J connectivity index is 2.14. The smallest absolute Gasteiger partial charge is 0.269 e. The molecule has 0 bridgehead atoms. The molecule has 0 saturated heterocycles. The number of rotatable bonds is 3. The molecule has 0 aliphatic carbocycles. The van der Waals surface area contributed by atoms with E-state index < -0.39 is 0 Å². The summed E-state index contributed by atoms with van der Waals surface area (Å²) in [5, 5.41) is 9.09. The Morgan fingerprint density at radius 3 is 2.30 bits per heavy atom. The van der Waals surface area contributed by atoms with E-state index in [1.807, 2.05) is 36.4 Å². The van der Waals surface area contributed by atoms with E-state index in [2.05, 4.69) is 0 Å². The first kappa shape index (κ1) is 14.7. The lowest BCUT2D eigenvalue weighted by molar-refractivity contribution is 0.626. The van der Waals surface area contributed by atoms with Gasteiger partial charge in [-0.25, -0.2) is 4.39 Å². The zero-order chi connectivity index (χ0) is 16.2. The lowest BCUT2D eigenvalue weighted by Crippen LogP contribution is -2.24. The number of nitriles is 1. The molecule has 0 radical (unpaired) electrons. The molecule has 2 aromatic carbocycles. The van der Waals surface area contributed by atoms with Gasteiger partial charge in [-0.2, -0.15) is 5.26 Å². The standard InChI is InChI=1S/C19H13FN2O/c20-17-9-6-14(7-10-17)13-22-18(15-4-2-1-3-5-15)11-8-16(12-21)19(22)23/h1-11H,13H2. The number of aromatic nitrogens is 1. The van der Waals surface area contributed by atoms with Crippen LogP contribution in [0.4, 0.5) is 4.39 Å². The second kappa shape index (κ2) is 6.29. The van der Waals surface area contributed by atoms with Crippen LogP contribution in [0.15, 0.2) is 71.5 Å². The topological polar surface area (TPSA) is 45.8 Å². The first-order valence-corrected chi connectivity index (χ1v) is 7.13. The third-order valence-corrected chi connectivity index (χ3v) is 3.62. The van der Waals surface area contributed by atoms with Crippen molar-refractivity contribution in [1.82, 2.24) is 4.57 Å². The van der Waals surface area contributed by atoms with E-state index in [9.17, 15) is 9.18 Å². The first-order chi connectivity index (χ1) is 11.2. The second-order valence-corrected chi connectivity index (χ2v) is 5.13. The van der Waals surface area contributed by atoms with Gasteiger partial charge in [0.15, 0.2) is 0 Å². The predicted octanol–water partition coefficient (Wildman–Crippen LogP) is 3.57. The average molecular weight is 304 g/mol. The minimum atomic E-state index is -0.349. The molecule has 0 amide bonds. The van der Waals surface area contributed by atoms with Gasteiger partial charge in [-0.3, -0.25) is 4.79 Å². The minimum Gasteiger partial charge on any atom is -0.303 e. The van der Waals surface area contributed by atoms with Gasteiger partial charge < -0.3 is 4.57 Å². The summed E-state index contributed by atoms with van der Waals surface area (Å²) in [7, 11) is 0. The maximum absolute atomic E-state index is 13.1. The van der Waals surface area contributed by atoms with E-state index in [0.29, 0.717) is 0 Å². The molecular weight excluding hydrogens is 291 g/mol. The second-order valence-electron chi connectivity index (χ2n) is 5.13. The van der Waals surface area contributed by atoms with Crippen LogP contribution in [-0.2, 0) is 6.54 Å². The molecule has 0 fully saturated rings. The molecule has 4 heteroatoms. The molecule has 3 aromatic rings. The van der Waals surface area contributed by atoms with Gasteiger partial charge in [-0.15, -0.1) is 0 Å². The first-order valence-electron chi connectivity index (χ1n) is 7.13. The molecule has 3 nitrogen and oxygen atoms in total. The molecule has 1 heterocycles. The van der Waals surface area contributed by atoms with Gasteiger partial charge in [0, 0.05) is 0 Å². The number of pyridine rings is 1. The third kappa shape index (κ3) is 3.04. The lowest BCUT2D eigenvalue weighted by Gasteiger charge is -2.13. The molecule has 112 valence electrons. The Bertz CT molecular complexity index is 922. The van der Waals surface area contributed by atoms with Crippen LogP contribution in [0.25, 0.3) is 11.3 Å². The van der Waals surface area contributed by atoms with Crippen molar-refractivity contribution in [3.63, 3.8) is 0 Å². The van der Waals surface area contributed by atoms with Crippen LogP contribution in [0.5, 0.6) is 0 Å². The summed E-state index contributed by atoms with van der Waals surface area (Å²) in [6.07, 6.45) is 0. The number of benzene rings is 2. The largest absolute Gasteiger partial charge is 0.303 e. The maximum Gasteiger partial charge on any atom is 0.269 e. The van der Waals surface area contributed by atoms with Crippen molar-refractivity contribution in [2.45, 2.75) is 6.54 Å². The Morgan fingerprint density at radius 2 is 1.65 bits per heavy atom. The Kier molecular flexibility index (Phi) is 4.03. The van der Waals surface area contributed by atoms with E-state index in [0.717, 1.165) is 16.8 Å².